The molecule has 1 amide bonds. The third-order valence-electron chi connectivity index (χ3n) is 6.32. The zero-order valence-electron chi connectivity index (χ0n) is 17.6. The highest BCUT2D eigenvalue weighted by Gasteiger charge is 2.57. The number of nitrogens with one attached hydrogen (secondary N) is 1. The normalized spacial score (nSPS) is 23.6. The quantitative estimate of drug-likeness (QED) is 0.666. The Bertz CT molecular complexity index is 1280. The third-order valence-corrected chi connectivity index (χ3v) is 6.32. The molecule has 2 unspecified atom stereocenters. The molecule has 2 aliphatic heterocycles. The second kappa shape index (κ2) is 7.54. The fourth-order valence-electron chi connectivity index (χ4n) is 4.88. The number of carbonyl (C=O) groups is 1. The Morgan fingerprint density at radius 3 is 2.56 bits per heavy atom. The predicted molar refractivity (Wildman–Crippen MR) is 122 cm³/mol. The number of nitrogens with two attached hydrogens (primary N) is 1. The molecule has 1 spiro atoms. The molecule has 3 N–H and O–H groups in total. The van der Waals surface area contributed by atoms with Crippen molar-refractivity contribution in [1.82, 2.24) is 5.32 Å². The summed E-state index contributed by atoms with van der Waals surface area (Å²) in [6.45, 7) is 2.04. The summed E-state index contributed by atoms with van der Waals surface area (Å²) in [7, 11) is 0. The summed E-state index contributed by atoms with van der Waals surface area (Å²) in [6, 6.07) is 25.2. The van der Waals surface area contributed by atoms with Crippen LogP contribution in [-0.2, 0) is 10.3 Å². The molecule has 0 fully saturated rings. The molecular weight excluding hydrogens is 400 g/mol. The van der Waals surface area contributed by atoms with Crippen molar-refractivity contribution in [1.29, 1.82) is 5.26 Å². The third kappa shape index (κ3) is 2.94. The van der Waals surface area contributed by atoms with Crippen LogP contribution in [0.4, 0.5) is 0 Å². The molecule has 3 aromatic carbocycles. The summed E-state index contributed by atoms with van der Waals surface area (Å²) in [6.07, 6.45) is 0.319. The van der Waals surface area contributed by atoms with Gasteiger partial charge in [-0.05, 0) is 47.4 Å². The van der Waals surface area contributed by atoms with E-state index in [1.165, 1.54) is 0 Å². The lowest BCUT2D eigenvalue weighted by atomic mass is 9.70. The van der Waals surface area contributed by atoms with E-state index < -0.39 is 5.54 Å². The molecular formula is C26H22N4O2. The number of rotatable bonds is 3. The lowest BCUT2D eigenvalue weighted by Crippen LogP contribution is -2.49. The van der Waals surface area contributed by atoms with Crippen molar-refractivity contribution >= 4 is 11.9 Å². The number of carbonyl (C=O) groups excluding carboxylic acids is 1. The van der Waals surface area contributed by atoms with E-state index in [9.17, 15) is 10.1 Å². The number of benzene rings is 3. The minimum absolute atomic E-state index is 0.116. The van der Waals surface area contributed by atoms with Crippen LogP contribution in [0.3, 0.4) is 0 Å². The second-order valence-electron chi connectivity index (χ2n) is 8.08. The van der Waals surface area contributed by atoms with E-state index in [4.69, 9.17) is 15.5 Å². The van der Waals surface area contributed by atoms with Crippen LogP contribution < -0.4 is 15.8 Å². The number of nitrogens with zero attached hydrogens (tertiary/aromatic N) is 2. The van der Waals surface area contributed by atoms with Gasteiger partial charge in [0, 0.05) is 11.5 Å². The summed E-state index contributed by atoms with van der Waals surface area (Å²) in [4.78, 5) is 18.1. The van der Waals surface area contributed by atoms with Gasteiger partial charge in [0.1, 0.15) is 11.9 Å². The van der Waals surface area contributed by atoms with Crippen LogP contribution in [0.1, 0.15) is 36.1 Å². The summed E-state index contributed by atoms with van der Waals surface area (Å²) in [5, 5.41) is 12.0. The fraction of sp³-hybridized carbons (Fsp3) is 0.192. The van der Waals surface area contributed by atoms with E-state index in [-0.39, 0.29) is 23.9 Å². The van der Waals surface area contributed by atoms with Crippen LogP contribution in [0.5, 0.6) is 5.75 Å². The Labute approximate surface area is 186 Å². The molecule has 158 valence electrons. The van der Waals surface area contributed by atoms with Gasteiger partial charge in [0.25, 0.3) is 5.91 Å². The van der Waals surface area contributed by atoms with Crippen molar-refractivity contribution in [2.75, 3.05) is 0 Å². The number of nitriles is 1. The number of aliphatic imine (C=N–C) groups is 1. The topological polar surface area (TPSA) is 100 Å². The maximum atomic E-state index is 13.4. The van der Waals surface area contributed by atoms with E-state index in [0.29, 0.717) is 23.3 Å². The number of ether oxygens (including phenoxy) is 1. The van der Waals surface area contributed by atoms with Gasteiger partial charge < -0.3 is 10.5 Å². The molecule has 0 saturated carbocycles. The van der Waals surface area contributed by atoms with Crippen LogP contribution in [-0.4, -0.2) is 11.9 Å². The van der Waals surface area contributed by atoms with Crippen LogP contribution in [0.15, 0.2) is 77.8 Å². The highest BCUT2D eigenvalue weighted by atomic mass is 16.5. The van der Waals surface area contributed by atoms with E-state index in [1.54, 1.807) is 6.07 Å². The molecule has 3 aromatic rings. The summed E-state index contributed by atoms with van der Waals surface area (Å²) in [5.41, 5.74) is 8.85. The van der Waals surface area contributed by atoms with E-state index >= 15 is 0 Å². The van der Waals surface area contributed by atoms with Crippen LogP contribution >= 0.6 is 0 Å². The van der Waals surface area contributed by atoms with Gasteiger partial charge >= 0.3 is 0 Å². The molecule has 32 heavy (non-hydrogen) atoms. The van der Waals surface area contributed by atoms with Crippen molar-refractivity contribution in [3.63, 3.8) is 0 Å². The first kappa shape index (κ1) is 19.8. The zero-order chi connectivity index (χ0) is 22.3. The molecule has 0 aromatic heterocycles. The first-order chi connectivity index (χ1) is 15.6. The Hall–Kier alpha value is -4.11. The van der Waals surface area contributed by atoms with Crippen molar-refractivity contribution in [2.24, 2.45) is 16.6 Å². The SMILES string of the molecule is CCC1[C@H](c2ccccc2)Oc2ccc(-c3cccc(C#N)c3)cc2C12N=C(N)NC2=O. The Kier molecular flexibility index (Phi) is 4.67. The summed E-state index contributed by atoms with van der Waals surface area (Å²) < 4.78 is 6.49. The summed E-state index contributed by atoms with van der Waals surface area (Å²) in [5.74, 6) is 0.233. The monoisotopic (exact) mass is 422 g/mol. The Morgan fingerprint density at radius 1 is 1.09 bits per heavy atom. The minimum Gasteiger partial charge on any atom is -0.485 e. The van der Waals surface area contributed by atoms with Gasteiger partial charge in [-0.25, -0.2) is 4.99 Å². The summed E-state index contributed by atoms with van der Waals surface area (Å²) >= 11 is 0. The lowest BCUT2D eigenvalue weighted by Gasteiger charge is -2.43. The smallest absolute Gasteiger partial charge is 0.259 e. The Morgan fingerprint density at radius 2 is 1.88 bits per heavy atom. The average Bonchev–Trinajstić information content (AvgIpc) is 3.13. The van der Waals surface area contributed by atoms with Crippen LogP contribution in [0.25, 0.3) is 11.1 Å². The van der Waals surface area contributed by atoms with Gasteiger partial charge in [0.15, 0.2) is 11.5 Å². The maximum Gasteiger partial charge on any atom is 0.259 e. The molecule has 2 aliphatic rings. The number of hydrogen-bond acceptors (Lipinski definition) is 5. The predicted octanol–water partition coefficient (Wildman–Crippen LogP) is 4.02. The van der Waals surface area contributed by atoms with Gasteiger partial charge in [-0.15, -0.1) is 0 Å². The first-order valence-electron chi connectivity index (χ1n) is 10.6. The highest BCUT2D eigenvalue weighted by Crippen LogP contribution is 2.54. The molecule has 6 heteroatoms. The second-order valence-corrected chi connectivity index (χ2v) is 8.08. The minimum atomic E-state index is -1.18. The molecule has 2 heterocycles. The van der Waals surface area contributed by atoms with Gasteiger partial charge in [-0.1, -0.05) is 55.5 Å². The van der Waals surface area contributed by atoms with E-state index in [2.05, 4.69) is 11.4 Å². The van der Waals surface area contributed by atoms with Gasteiger partial charge in [0.05, 0.1) is 11.6 Å². The van der Waals surface area contributed by atoms with Crippen molar-refractivity contribution in [2.45, 2.75) is 25.0 Å². The van der Waals surface area contributed by atoms with Crippen molar-refractivity contribution in [3.8, 4) is 22.9 Å². The van der Waals surface area contributed by atoms with E-state index in [0.717, 1.165) is 16.7 Å². The van der Waals surface area contributed by atoms with E-state index in [1.807, 2.05) is 73.7 Å². The molecule has 6 nitrogen and oxygen atoms in total. The standard InChI is InChI=1S/C26H22N4O2/c1-2-20-23(17-8-4-3-5-9-17)32-22-12-11-19(18-10-6-7-16(13-18)15-27)14-21(22)26(20)24(31)29-25(28)30-26/h3-14,20,23H,2H2,1H3,(H3,28,29,30,31)/t20?,23-,26?/m0/s1. The molecule has 0 bridgehead atoms. The van der Waals surface area contributed by atoms with Gasteiger partial charge in [-0.2, -0.15) is 5.26 Å². The number of hydrogen-bond donors (Lipinski definition) is 2. The number of fused-ring (bicyclic) bond motifs is 2. The lowest BCUT2D eigenvalue weighted by molar-refractivity contribution is -0.129. The maximum absolute atomic E-state index is 13.4. The fourth-order valence-corrected chi connectivity index (χ4v) is 4.88. The van der Waals surface area contributed by atoms with Gasteiger partial charge in [0.2, 0.25) is 0 Å². The van der Waals surface area contributed by atoms with Crippen LogP contribution in [0.2, 0.25) is 0 Å². The molecule has 0 saturated heterocycles. The number of amides is 1. The van der Waals surface area contributed by atoms with Crippen LogP contribution in [0, 0.1) is 17.2 Å². The van der Waals surface area contributed by atoms with Gasteiger partial charge in [-0.3, -0.25) is 10.1 Å². The average molecular weight is 422 g/mol. The molecule has 5 rings (SSSR count). The zero-order valence-corrected chi connectivity index (χ0v) is 17.6. The molecule has 0 radical (unpaired) electrons. The number of guanidine groups is 1. The first-order valence-corrected chi connectivity index (χ1v) is 10.6. The molecule has 0 aliphatic carbocycles. The highest BCUT2D eigenvalue weighted by molar-refractivity contribution is 6.08. The van der Waals surface area contributed by atoms with Crippen molar-refractivity contribution < 1.29 is 9.53 Å². The Balaban J connectivity index is 1.72. The molecule has 3 atom stereocenters. The van der Waals surface area contributed by atoms with Crippen molar-refractivity contribution in [3.05, 3.63) is 89.5 Å². The largest absolute Gasteiger partial charge is 0.485 e.